The summed E-state index contributed by atoms with van der Waals surface area (Å²) in [7, 11) is -3.95. The third kappa shape index (κ3) is 3.36. The lowest BCUT2D eigenvalue weighted by molar-refractivity contribution is 0.00578. The standard InChI is InChI=1S/C15H22BFO4S/c1-14(2)15(3,4)21-16(20-14)12-6-8-13(9-7-12)22(18,19)11-5-10-17/h6-9H,5,10-11H2,1-4H3. The van der Waals surface area contributed by atoms with Gasteiger partial charge in [0.1, 0.15) is 0 Å². The van der Waals surface area contributed by atoms with Crippen LogP contribution in [0.3, 0.4) is 0 Å². The molecule has 1 aromatic carbocycles. The largest absolute Gasteiger partial charge is 0.494 e. The zero-order valence-electron chi connectivity index (χ0n) is 13.4. The molecule has 1 aliphatic heterocycles. The highest BCUT2D eigenvalue weighted by Gasteiger charge is 2.51. The monoisotopic (exact) mass is 328 g/mol. The maximum Gasteiger partial charge on any atom is 0.494 e. The van der Waals surface area contributed by atoms with Crippen LogP contribution in [0.2, 0.25) is 0 Å². The van der Waals surface area contributed by atoms with Gasteiger partial charge in [-0.05, 0) is 51.7 Å². The van der Waals surface area contributed by atoms with E-state index < -0.39 is 34.8 Å². The summed E-state index contributed by atoms with van der Waals surface area (Å²) in [5, 5.41) is 0. The number of hydrogen-bond acceptors (Lipinski definition) is 4. The van der Waals surface area contributed by atoms with Crippen molar-refractivity contribution in [2.45, 2.75) is 50.2 Å². The van der Waals surface area contributed by atoms with E-state index in [1.54, 1.807) is 12.1 Å². The smallest absolute Gasteiger partial charge is 0.399 e. The van der Waals surface area contributed by atoms with Crippen molar-refractivity contribution in [1.29, 1.82) is 0 Å². The summed E-state index contributed by atoms with van der Waals surface area (Å²) in [4.78, 5) is 0.196. The molecular weight excluding hydrogens is 306 g/mol. The third-order valence-electron chi connectivity index (χ3n) is 4.31. The quantitative estimate of drug-likeness (QED) is 0.777. The molecule has 4 nitrogen and oxygen atoms in total. The second-order valence-electron chi connectivity index (χ2n) is 6.52. The summed E-state index contributed by atoms with van der Waals surface area (Å²) >= 11 is 0. The molecule has 0 amide bonds. The van der Waals surface area contributed by atoms with E-state index in [2.05, 4.69) is 0 Å². The zero-order valence-corrected chi connectivity index (χ0v) is 14.2. The molecule has 0 radical (unpaired) electrons. The minimum Gasteiger partial charge on any atom is -0.399 e. The average Bonchev–Trinajstić information content (AvgIpc) is 2.65. The van der Waals surface area contributed by atoms with Crippen molar-refractivity contribution in [2.24, 2.45) is 0 Å². The highest BCUT2D eigenvalue weighted by Crippen LogP contribution is 2.36. The Bertz CT molecular complexity index is 609. The molecule has 1 aliphatic rings. The van der Waals surface area contributed by atoms with Gasteiger partial charge in [0.05, 0.1) is 28.5 Å². The van der Waals surface area contributed by atoms with E-state index in [1.165, 1.54) is 12.1 Å². The van der Waals surface area contributed by atoms with Crippen LogP contribution in [-0.4, -0.2) is 39.2 Å². The minimum absolute atomic E-state index is 0.0152. The molecule has 0 spiro atoms. The van der Waals surface area contributed by atoms with Gasteiger partial charge < -0.3 is 9.31 Å². The second-order valence-corrected chi connectivity index (χ2v) is 8.63. The van der Waals surface area contributed by atoms with Crippen LogP contribution in [0.4, 0.5) is 4.39 Å². The van der Waals surface area contributed by atoms with Crippen LogP contribution < -0.4 is 5.46 Å². The summed E-state index contributed by atoms with van der Waals surface area (Å²) in [6.45, 7) is 7.21. The maximum atomic E-state index is 12.2. The summed E-state index contributed by atoms with van der Waals surface area (Å²) in [5.41, 5.74) is -0.115. The Morgan fingerprint density at radius 1 is 1.05 bits per heavy atom. The fourth-order valence-electron chi connectivity index (χ4n) is 2.17. The van der Waals surface area contributed by atoms with Crippen molar-refractivity contribution in [2.75, 3.05) is 12.4 Å². The second kappa shape index (κ2) is 5.94. The van der Waals surface area contributed by atoms with Gasteiger partial charge in [0.25, 0.3) is 0 Å². The van der Waals surface area contributed by atoms with Crippen LogP contribution in [0.25, 0.3) is 0 Å². The van der Waals surface area contributed by atoms with Gasteiger partial charge in [0, 0.05) is 0 Å². The molecule has 7 heteroatoms. The van der Waals surface area contributed by atoms with Crippen molar-refractivity contribution in [3.63, 3.8) is 0 Å². The first-order valence-corrected chi connectivity index (χ1v) is 8.99. The van der Waals surface area contributed by atoms with Crippen LogP contribution in [0, 0.1) is 0 Å². The molecule has 1 saturated heterocycles. The number of hydrogen-bond donors (Lipinski definition) is 0. The van der Waals surface area contributed by atoms with Gasteiger partial charge in [0.15, 0.2) is 9.84 Å². The topological polar surface area (TPSA) is 52.6 Å². The van der Waals surface area contributed by atoms with Crippen molar-refractivity contribution in [1.82, 2.24) is 0 Å². The van der Waals surface area contributed by atoms with Crippen LogP contribution in [0.15, 0.2) is 29.2 Å². The predicted molar refractivity (Wildman–Crippen MR) is 84.8 cm³/mol. The number of rotatable bonds is 5. The van der Waals surface area contributed by atoms with Crippen molar-refractivity contribution < 1.29 is 22.1 Å². The van der Waals surface area contributed by atoms with E-state index >= 15 is 0 Å². The Morgan fingerprint density at radius 2 is 1.55 bits per heavy atom. The number of alkyl halides is 1. The van der Waals surface area contributed by atoms with E-state index in [4.69, 9.17) is 9.31 Å². The van der Waals surface area contributed by atoms with E-state index in [1.807, 2.05) is 27.7 Å². The van der Waals surface area contributed by atoms with Crippen LogP contribution >= 0.6 is 0 Å². The molecule has 2 rings (SSSR count). The summed E-state index contributed by atoms with van der Waals surface area (Å²) in [5.74, 6) is -0.181. The lowest BCUT2D eigenvalue weighted by atomic mass is 9.79. The Hall–Kier alpha value is -0.915. The van der Waals surface area contributed by atoms with Crippen LogP contribution in [0.5, 0.6) is 0 Å². The molecule has 0 aliphatic carbocycles. The summed E-state index contributed by atoms with van der Waals surface area (Å²) < 4.78 is 48.0. The molecule has 1 heterocycles. The third-order valence-corrected chi connectivity index (χ3v) is 6.13. The maximum absolute atomic E-state index is 12.2. The fourth-order valence-corrected chi connectivity index (χ4v) is 3.45. The molecule has 0 bridgehead atoms. The van der Waals surface area contributed by atoms with Crippen molar-refractivity contribution in [3.8, 4) is 0 Å². The first-order valence-electron chi connectivity index (χ1n) is 7.33. The number of halogens is 1. The summed E-state index contributed by atoms with van der Waals surface area (Å²) in [6, 6.07) is 6.41. The normalized spacial score (nSPS) is 20.3. The molecule has 0 aromatic heterocycles. The van der Waals surface area contributed by atoms with Gasteiger partial charge in [-0.2, -0.15) is 0 Å². The molecule has 1 aromatic rings. The molecule has 0 unspecified atom stereocenters. The molecule has 122 valence electrons. The molecule has 0 saturated carbocycles. The van der Waals surface area contributed by atoms with Gasteiger partial charge in [-0.3, -0.25) is 4.39 Å². The highest BCUT2D eigenvalue weighted by atomic mass is 32.2. The van der Waals surface area contributed by atoms with Gasteiger partial charge in [-0.15, -0.1) is 0 Å². The van der Waals surface area contributed by atoms with Gasteiger partial charge in [-0.25, -0.2) is 8.42 Å². The SMILES string of the molecule is CC1(C)OB(c2ccc(S(=O)(=O)CCCF)cc2)OC1(C)C. The molecule has 22 heavy (non-hydrogen) atoms. The molecular formula is C15H22BFO4S. The molecule has 1 fully saturated rings. The van der Waals surface area contributed by atoms with Gasteiger partial charge in [-0.1, -0.05) is 12.1 Å². The highest BCUT2D eigenvalue weighted by molar-refractivity contribution is 7.91. The lowest BCUT2D eigenvalue weighted by Crippen LogP contribution is -2.41. The number of benzene rings is 1. The van der Waals surface area contributed by atoms with E-state index in [-0.39, 0.29) is 17.1 Å². The summed E-state index contributed by atoms with van der Waals surface area (Å²) in [6.07, 6.45) is 0.0152. The van der Waals surface area contributed by atoms with Crippen LogP contribution in [-0.2, 0) is 19.1 Å². The first-order chi connectivity index (χ1) is 10.1. The lowest BCUT2D eigenvalue weighted by Gasteiger charge is -2.32. The van der Waals surface area contributed by atoms with Crippen molar-refractivity contribution in [3.05, 3.63) is 24.3 Å². The Labute approximate surface area is 132 Å². The fraction of sp³-hybridized carbons (Fsp3) is 0.600. The van der Waals surface area contributed by atoms with Gasteiger partial charge >= 0.3 is 7.12 Å². The van der Waals surface area contributed by atoms with E-state index in [0.717, 1.165) is 5.46 Å². The van der Waals surface area contributed by atoms with E-state index in [9.17, 15) is 12.8 Å². The molecule has 0 atom stereocenters. The number of sulfone groups is 1. The minimum atomic E-state index is -3.43. The Balaban J connectivity index is 2.17. The predicted octanol–water partition coefficient (Wildman–Crippen LogP) is 2.12. The Morgan fingerprint density at radius 3 is 2.00 bits per heavy atom. The average molecular weight is 328 g/mol. The molecule has 0 N–H and O–H groups in total. The Kier molecular flexibility index (Phi) is 4.71. The van der Waals surface area contributed by atoms with Crippen molar-refractivity contribution >= 4 is 22.4 Å². The van der Waals surface area contributed by atoms with E-state index in [0.29, 0.717) is 0 Å². The van der Waals surface area contributed by atoms with Gasteiger partial charge in [0.2, 0.25) is 0 Å². The van der Waals surface area contributed by atoms with Crippen LogP contribution in [0.1, 0.15) is 34.1 Å². The zero-order chi connectivity index (χ0) is 16.6. The first kappa shape index (κ1) is 17.4.